The Bertz CT molecular complexity index is 5280. The van der Waals surface area contributed by atoms with Gasteiger partial charge in [0.2, 0.25) is 0 Å². The molecule has 0 aliphatic carbocycles. The van der Waals surface area contributed by atoms with Crippen molar-refractivity contribution in [1.82, 2.24) is 0 Å². The van der Waals surface area contributed by atoms with Gasteiger partial charge in [0.05, 0.1) is 97.4 Å². The van der Waals surface area contributed by atoms with Crippen molar-refractivity contribution in [1.29, 1.82) is 0 Å². The zero-order valence-corrected chi connectivity index (χ0v) is 74.5. The summed E-state index contributed by atoms with van der Waals surface area (Å²) in [6, 6.07) is 17.7. The van der Waals surface area contributed by atoms with Gasteiger partial charge in [-0.1, -0.05) is 73.8 Å². The normalized spacial score (nSPS) is 21.2. The molecule has 136 heavy (non-hydrogen) atoms. The maximum Gasteiger partial charge on any atom is 1.00 e. The largest absolute Gasteiger partial charge is 1.00 e. The Labute approximate surface area is 786 Å². The third-order valence-electron chi connectivity index (χ3n) is 24.8. The van der Waals surface area contributed by atoms with Crippen LogP contribution in [0.1, 0.15) is 141 Å². The first-order valence-corrected chi connectivity index (χ1v) is 44.1. The molecule has 0 N–H and O–H groups in total. The molecule has 10 aliphatic rings. The Morgan fingerprint density at radius 3 is 0.441 bits per heavy atom. The smallest absolute Gasteiger partial charge is 1.00 e. The number of hydrogen-bond acceptors (Lipinski definition) is 8. The van der Waals surface area contributed by atoms with Crippen molar-refractivity contribution in [2.75, 3.05) is 75.9 Å². The first-order valence-electron chi connectivity index (χ1n) is 40.6. The maximum absolute atomic E-state index is 16.5. The Morgan fingerprint density at radius 1 is 0.221 bits per heavy atom. The van der Waals surface area contributed by atoms with Gasteiger partial charge in [-0.15, -0.1) is 43.7 Å². The van der Waals surface area contributed by atoms with Gasteiger partial charge in [0.25, 0.3) is 0 Å². The summed E-state index contributed by atoms with van der Waals surface area (Å²) in [4.78, 5) is 0. The quantitative estimate of drug-likeness (QED) is 0.0218. The molecule has 10 saturated heterocycles. The second kappa shape index (κ2) is 39.1. The van der Waals surface area contributed by atoms with Gasteiger partial charge in [0, 0.05) is 11.1 Å². The Balaban J connectivity index is 0.000000159. The minimum Gasteiger partial charge on any atom is -1.00 e. The molecule has 10 fully saturated rings. The van der Waals surface area contributed by atoms with Crippen LogP contribution in [-0.2, 0) is 71.2 Å². The van der Waals surface area contributed by atoms with Crippen LogP contribution < -0.4 is 90.2 Å². The molecule has 0 saturated carbocycles. The van der Waals surface area contributed by atoms with Crippen molar-refractivity contribution < 1.29 is 225 Å². The van der Waals surface area contributed by atoms with Crippen molar-refractivity contribution in [2.24, 2.45) is 0 Å². The topological polar surface area (TPSA) is 100 Å². The van der Waals surface area contributed by atoms with Crippen LogP contribution in [0.4, 0.5) is 140 Å². The average Bonchev–Trinajstić information content (AvgIpc) is 1.07. The summed E-state index contributed by atoms with van der Waals surface area (Å²) in [5, 5.41) is 0. The monoisotopic (exact) mass is 2060 g/mol. The predicted octanol–water partition coefficient (Wildman–Crippen LogP) is 11.6. The molecule has 8 unspecified atom stereocenters. The van der Waals surface area contributed by atoms with E-state index in [0.717, 1.165) is 0 Å². The van der Waals surface area contributed by atoms with E-state index in [2.05, 4.69) is 99.6 Å². The molecule has 10 heterocycles. The second-order valence-corrected chi connectivity index (χ2v) is 37.3. The predicted molar refractivity (Wildman–Crippen MR) is 421 cm³/mol. The number of halogens is 33. The molecule has 10 aromatic rings. The van der Waals surface area contributed by atoms with E-state index < -0.39 is 388 Å². The van der Waals surface area contributed by atoms with Crippen LogP contribution in [0.3, 0.4) is 0 Å². The summed E-state index contributed by atoms with van der Waals surface area (Å²) in [5.74, 6) is -84.7. The second-order valence-electron chi connectivity index (χ2n) is 32.6. The van der Waals surface area contributed by atoms with Gasteiger partial charge in [0.15, 0.2) is 93.1 Å². The number of benzene rings is 10. The fraction of sp³-hybridized carbons (Fsp3) is 0.289. The van der Waals surface area contributed by atoms with E-state index in [1.807, 2.05) is 12.2 Å². The van der Waals surface area contributed by atoms with Gasteiger partial charge >= 0.3 is 29.6 Å². The zero-order valence-electron chi connectivity index (χ0n) is 69.2. The summed E-state index contributed by atoms with van der Waals surface area (Å²) >= 11 is 0. The number of epoxide rings is 8. The van der Waals surface area contributed by atoms with E-state index >= 15 is 140 Å². The fourth-order valence-corrected chi connectivity index (χ4v) is 22.5. The van der Waals surface area contributed by atoms with E-state index in [9.17, 15) is 0 Å². The average molecular weight is 2060 g/mol. The van der Waals surface area contributed by atoms with Gasteiger partial charge in [0.1, 0.15) is 189 Å². The van der Waals surface area contributed by atoms with Crippen LogP contribution in [0.5, 0.6) is 0 Å². The van der Waals surface area contributed by atoms with E-state index in [1.54, 1.807) is 0 Å². The summed E-state index contributed by atoms with van der Waals surface area (Å²) in [7, 11) is 1.37. The van der Waals surface area contributed by atoms with Crippen LogP contribution >= 0.6 is 0 Å². The Kier molecular flexibility index (Phi) is 29.3. The van der Waals surface area contributed by atoms with Crippen molar-refractivity contribution in [2.45, 2.75) is 86.0 Å². The van der Waals surface area contributed by atoms with Crippen LogP contribution in [0.25, 0.3) is 12.2 Å². The molecule has 46 heteroatoms. The summed E-state index contributed by atoms with van der Waals surface area (Å²) in [5.41, 5.74) is -32.4. The van der Waals surface area contributed by atoms with Crippen molar-refractivity contribution >= 4 is 89.9 Å². The van der Waals surface area contributed by atoms with Gasteiger partial charge in [-0.3, -0.25) is 0 Å². The third kappa shape index (κ3) is 17.5. The van der Waals surface area contributed by atoms with Crippen molar-refractivity contribution in [3.63, 3.8) is 0 Å². The Morgan fingerprint density at radius 2 is 0.338 bits per heavy atom. The Hall–Kier alpha value is -8.57. The molecule has 8 atom stereocenters. The van der Waals surface area contributed by atoms with Gasteiger partial charge < -0.3 is 54.9 Å². The molecule has 0 radical (unpaired) electrons. The molecule has 0 bridgehead atoms. The zero-order chi connectivity index (χ0) is 96.3. The van der Waals surface area contributed by atoms with Gasteiger partial charge in [-0.25, -0.2) is 140 Å². The first kappa shape index (κ1) is 102. The SMILES string of the molecule is C=Cc1ccc(C[S+]2CCCC2)cc1.C=Cc1ccc(C[S+]2CCCC2)cc1.Fc1c(F)c([B-](c2c(F)c(F)c(C3CO3)c(F)c2F)(c2c(F)c(F)c(C3CO3)c(F)c2F)c2c(F)c(F)c(C3CO3)c(F)c2F)c(F)c(F)c1C1CO1.Fc1c(F)c([B-](c2c(F)c(F)c(C3CO3)c(F)c2F)(c2c(F)c(F)c(C3CO3)c(F)c2F)c2c(F)c(F)c(C3CO3)c(F)c2F)c(F)c(F)c1C1CO1.[Br-].[Na+]. The maximum atomic E-state index is 16.5. The van der Waals surface area contributed by atoms with Crippen LogP contribution in [0, 0.1) is 186 Å². The summed E-state index contributed by atoms with van der Waals surface area (Å²) in [6.45, 7) is 2.21. The molecule has 10 aromatic carbocycles. The first-order chi connectivity index (χ1) is 63.7. The molecule has 0 amide bonds. The van der Waals surface area contributed by atoms with Gasteiger partial charge in [-0.05, 0) is 58.6 Å². The van der Waals surface area contributed by atoms with E-state index in [4.69, 9.17) is 0 Å². The molecule has 10 aliphatic heterocycles. The molecular weight excluding hydrogens is 2010 g/mol. The number of rotatable bonds is 22. The van der Waals surface area contributed by atoms with E-state index in [-0.39, 0.29) is 46.5 Å². The molecular formula is C90H58B2BrF32NaO8S2. The van der Waals surface area contributed by atoms with Crippen LogP contribution in [0.2, 0.25) is 0 Å². The summed E-state index contributed by atoms with van der Waals surface area (Å²) < 4.78 is 553. The number of ether oxygens (including phenoxy) is 8. The van der Waals surface area contributed by atoms with Crippen LogP contribution in [-0.4, -0.2) is 88.2 Å². The van der Waals surface area contributed by atoms with Crippen molar-refractivity contribution in [3.8, 4) is 0 Å². The molecule has 8 nitrogen and oxygen atoms in total. The molecule has 716 valence electrons. The molecule has 0 spiro atoms. The molecule has 20 rings (SSSR count). The standard InChI is InChI=1S/2C32H12BF16O4.2C13H17S.BrH.Na/c2*34-17-9(5-1-50-5)18(35)26(43)13(25(17)42)33(14-27(44)19(36)10(6-2-51-6)20(37)28(14)45,15-29(46)21(38)11(7-3-52-7)22(39)30(15)47)16-31(48)23(40)12(8-4-53-8)24(41)32(16)49;2*1-2-12-5-7-13(8-6-12)11-14-9-3-4-10-14;;/h2*5-8H,1-4H2;2*2,5-8H,1,3-4,9-11H2;1H;/q2*-1;2*+1;;+1/p-1. The summed E-state index contributed by atoms with van der Waals surface area (Å²) in [6.07, 6.45) is -18.6. The fourth-order valence-electron chi connectivity index (χ4n) is 17.8. The molecule has 0 aromatic heterocycles. The van der Waals surface area contributed by atoms with Crippen LogP contribution in [0.15, 0.2) is 61.7 Å². The minimum atomic E-state index is -6.72. The van der Waals surface area contributed by atoms with E-state index in [0.29, 0.717) is 21.8 Å². The van der Waals surface area contributed by atoms with Crippen molar-refractivity contribution in [3.05, 3.63) is 315 Å². The third-order valence-corrected chi connectivity index (χ3v) is 29.7. The van der Waals surface area contributed by atoms with E-state index in [1.165, 1.54) is 82.5 Å². The number of hydrogen-bond donors (Lipinski definition) is 0. The van der Waals surface area contributed by atoms with Gasteiger partial charge in [-0.2, -0.15) is 0 Å². The minimum absolute atomic E-state index is 0.